The predicted octanol–water partition coefficient (Wildman–Crippen LogP) is 0.869. The van der Waals surface area contributed by atoms with Gasteiger partial charge in [-0.1, -0.05) is 6.08 Å². The van der Waals surface area contributed by atoms with E-state index in [1.807, 2.05) is 0 Å². The molecule has 2 rings (SSSR count). The molecule has 138 valence electrons. The molecule has 0 radical (unpaired) electrons. The molecular weight excluding hydrogens is 326 g/mol. The minimum atomic E-state index is -1.17. The van der Waals surface area contributed by atoms with Gasteiger partial charge in [0, 0.05) is 11.5 Å². The molecule has 0 aromatic carbocycles. The number of nitrogens with one attached hydrogen (secondary N) is 1. The molecule has 0 spiro atoms. The van der Waals surface area contributed by atoms with E-state index in [2.05, 4.69) is 16.6 Å². The number of aliphatic hydroxyl groups is 1. The van der Waals surface area contributed by atoms with E-state index >= 15 is 0 Å². The van der Waals surface area contributed by atoms with Crippen LogP contribution < -0.4 is 5.32 Å². The van der Waals surface area contributed by atoms with Crippen LogP contribution in [0.2, 0.25) is 0 Å². The second kappa shape index (κ2) is 6.63. The smallest absolute Gasteiger partial charge is 0.334 e. The Balaban J connectivity index is 2.17. The summed E-state index contributed by atoms with van der Waals surface area (Å²) in [7, 11) is 1.21. The maximum atomic E-state index is 12.7. The second-order valence-electron chi connectivity index (χ2n) is 7.48. The fraction of sp³-hybridized carbons (Fsp3) is 0.611. The monoisotopic (exact) mass is 351 g/mol. The molecule has 7 heteroatoms. The molecule has 1 fully saturated rings. The van der Waals surface area contributed by atoms with Crippen molar-refractivity contribution in [2.24, 2.45) is 11.8 Å². The summed E-state index contributed by atoms with van der Waals surface area (Å²) in [4.78, 5) is 37.1. The van der Waals surface area contributed by atoms with Gasteiger partial charge in [0.05, 0.1) is 19.1 Å². The fourth-order valence-electron chi connectivity index (χ4n) is 3.01. The lowest BCUT2D eigenvalue weighted by Gasteiger charge is -2.26. The third-order valence-electron chi connectivity index (χ3n) is 4.37. The predicted molar refractivity (Wildman–Crippen MR) is 89.2 cm³/mol. The summed E-state index contributed by atoms with van der Waals surface area (Å²) in [5, 5.41) is 12.5. The van der Waals surface area contributed by atoms with Crippen molar-refractivity contribution < 1.29 is 29.0 Å². The van der Waals surface area contributed by atoms with Crippen LogP contribution in [-0.4, -0.2) is 47.3 Å². The highest BCUT2D eigenvalue weighted by atomic mass is 16.6. The van der Waals surface area contributed by atoms with E-state index in [0.717, 1.165) is 0 Å². The molecule has 0 heterocycles. The highest BCUT2D eigenvalue weighted by molar-refractivity contribution is 6.00. The van der Waals surface area contributed by atoms with Gasteiger partial charge in [-0.05, 0) is 39.7 Å². The molecule has 2 aliphatic rings. The summed E-state index contributed by atoms with van der Waals surface area (Å²) in [6.45, 7) is 8.93. The molecule has 25 heavy (non-hydrogen) atoms. The van der Waals surface area contributed by atoms with Crippen LogP contribution in [0.15, 0.2) is 24.3 Å². The Bertz CT molecular complexity index is 632. The Labute approximate surface area is 147 Å². The SMILES string of the molecule is C=C[C@@H]1C[C@@]1(NC(=O)C1CC(O)C=C1C(=O)OC)C(=O)OC(C)(C)C. The standard InChI is InChI=1S/C18H25NO6/c1-6-10-9-18(10,16(23)25-17(2,3)4)19-14(21)12-7-11(20)8-13(12)15(22)24-5/h6,8,10-12,20H,1,7,9H2,2-5H3,(H,19,21)/t10-,11?,12?,18+/m1/s1. The summed E-state index contributed by atoms with van der Waals surface area (Å²) < 4.78 is 10.1. The van der Waals surface area contributed by atoms with Gasteiger partial charge in [0.1, 0.15) is 11.1 Å². The van der Waals surface area contributed by atoms with Crippen LogP contribution in [0.5, 0.6) is 0 Å². The van der Waals surface area contributed by atoms with Gasteiger partial charge >= 0.3 is 11.9 Å². The van der Waals surface area contributed by atoms with Crippen LogP contribution in [0.25, 0.3) is 0 Å². The van der Waals surface area contributed by atoms with Crippen molar-refractivity contribution in [1.29, 1.82) is 0 Å². The van der Waals surface area contributed by atoms with Gasteiger partial charge < -0.3 is 19.9 Å². The highest BCUT2D eigenvalue weighted by Gasteiger charge is 2.62. The molecular formula is C18H25NO6. The molecule has 0 aromatic heterocycles. The first-order chi connectivity index (χ1) is 11.5. The van der Waals surface area contributed by atoms with Crippen molar-refractivity contribution in [1.82, 2.24) is 5.32 Å². The van der Waals surface area contributed by atoms with Crippen LogP contribution in [0.3, 0.4) is 0 Å². The molecule has 2 N–H and O–H groups in total. The number of carbonyl (C=O) groups excluding carboxylic acids is 3. The van der Waals surface area contributed by atoms with E-state index in [1.54, 1.807) is 26.8 Å². The molecule has 0 aliphatic heterocycles. The zero-order valence-electron chi connectivity index (χ0n) is 15.0. The molecule has 1 amide bonds. The maximum Gasteiger partial charge on any atom is 0.334 e. The first-order valence-corrected chi connectivity index (χ1v) is 8.20. The zero-order valence-corrected chi connectivity index (χ0v) is 15.0. The fourth-order valence-corrected chi connectivity index (χ4v) is 3.01. The highest BCUT2D eigenvalue weighted by Crippen LogP contribution is 2.46. The summed E-state index contributed by atoms with van der Waals surface area (Å²) in [6.07, 6.45) is 2.47. The Kier molecular flexibility index (Phi) is 5.09. The number of carbonyl (C=O) groups is 3. The first-order valence-electron chi connectivity index (χ1n) is 8.20. The quantitative estimate of drug-likeness (QED) is 0.563. The van der Waals surface area contributed by atoms with Gasteiger partial charge in [-0.2, -0.15) is 0 Å². The van der Waals surface area contributed by atoms with Crippen LogP contribution >= 0.6 is 0 Å². The van der Waals surface area contributed by atoms with Crippen molar-refractivity contribution >= 4 is 17.8 Å². The largest absolute Gasteiger partial charge is 0.466 e. The van der Waals surface area contributed by atoms with E-state index in [-0.39, 0.29) is 17.9 Å². The van der Waals surface area contributed by atoms with Crippen LogP contribution in [-0.2, 0) is 23.9 Å². The Morgan fingerprint density at radius 3 is 2.52 bits per heavy atom. The number of hydrogen-bond acceptors (Lipinski definition) is 6. The van der Waals surface area contributed by atoms with E-state index < -0.39 is 41.0 Å². The van der Waals surface area contributed by atoms with E-state index in [4.69, 9.17) is 4.74 Å². The molecule has 7 nitrogen and oxygen atoms in total. The maximum absolute atomic E-state index is 12.7. The van der Waals surface area contributed by atoms with Gasteiger partial charge in [-0.25, -0.2) is 9.59 Å². The van der Waals surface area contributed by atoms with Gasteiger partial charge in [-0.15, -0.1) is 6.58 Å². The van der Waals surface area contributed by atoms with Crippen molar-refractivity contribution in [3.63, 3.8) is 0 Å². The number of amides is 1. The molecule has 0 bridgehead atoms. The average Bonchev–Trinajstić information content (AvgIpc) is 3.09. The summed E-state index contributed by atoms with van der Waals surface area (Å²) in [5.74, 6) is -2.81. The van der Waals surface area contributed by atoms with Gasteiger partial charge in [0.25, 0.3) is 0 Å². The molecule has 4 atom stereocenters. The Morgan fingerprint density at radius 1 is 1.40 bits per heavy atom. The number of hydrogen-bond donors (Lipinski definition) is 2. The number of aliphatic hydroxyl groups excluding tert-OH is 1. The van der Waals surface area contributed by atoms with E-state index in [0.29, 0.717) is 6.42 Å². The van der Waals surface area contributed by atoms with Gasteiger partial charge in [-0.3, -0.25) is 4.79 Å². The minimum Gasteiger partial charge on any atom is -0.466 e. The number of esters is 2. The molecule has 2 aliphatic carbocycles. The lowest BCUT2D eigenvalue weighted by molar-refractivity contribution is -0.160. The lowest BCUT2D eigenvalue weighted by Crippen LogP contribution is -2.50. The Morgan fingerprint density at radius 2 is 2.04 bits per heavy atom. The third kappa shape index (κ3) is 3.92. The summed E-state index contributed by atoms with van der Waals surface area (Å²) >= 11 is 0. The van der Waals surface area contributed by atoms with Crippen molar-refractivity contribution in [3.8, 4) is 0 Å². The third-order valence-corrected chi connectivity index (χ3v) is 4.37. The average molecular weight is 351 g/mol. The Hall–Kier alpha value is -2.15. The van der Waals surface area contributed by atoms with Gasteiger partial charge in [0.2, 0.25) is 5.91 Å². The number of methoxy groups -OCH3 is 1. The number of rotatable bonds is 5. The summed E-state index contributed by atoms with van der Waals surface area (Å²) in [6, 6.07) is 0. The molecule has 1 saturated carbocycles. The second-order valence-corrected chi connectivity index (χ2v) is 7.48. The molecule has 0 aromatic rings. The normalized spacial score (nSPS) is 30.9. The minimum absolute atomic E-state index is 0.0689. The van der Waals surface area contributed by atoms with E-state index in [1.165, 1.54) is 13.2 Å². The van der Waals surface area contributed by atoms with Gasteiger partial charge in [0.15, 0.2) is 0 Å². The van der Waals surface area contributed by atoms with Crippen molar-refractivity contribution in [2.45, 2.75) is 50.9 Å². The number of ether oxygens (including phenoxy) is 2. The van der Waals surface area contributed by atoms with Crippen molar-refractivity contribution in [3.05, 3.63) is 24.3 Å². The molecule has 2 unspecified atom stereocenters. The lowest BCUT2D eigenvalue weighted by atomic mass is 9.99. The first kappa shape index (κ1) is 19.2. The summed E-state index contributed by atoms with van der Waals surface area (Å²) in [5.41, 5.74) is -1.76. The van der Waals surface area contributed by atoms with Crippen LogP contribution in [0, 0.1) is 11.8 Å². The molecule has 0 saturated heterocycles. The van der Waals surface area contributed by atoms with E-state index in [9.17, 15) is 19.5 Å². The van der Waals surface area contributed by atoms with Crippen LogP contribution in [0.1, 0.15) is 33.6 Å². The van der Waals surface area contributed by atoms with Crippen LogP contribution in [0.4, 0.5) is 0 Å². The zero-order chi connectivity index (χ0) is 19.0. The van der Waals surface area contributed by atoms with Crippen molar-refractivity contribution in [2.75, 3.05) is 7.11 Å². The topological polar surface area (TPSA) is 102 Å².